The molecule has 0 bridgehead atoms. The second-order valence-electron chi connectivity index (χ2n) is 4.73. The summed E-state index contributed by atoms with van der Waals surface area (Å²) in [5.74, 6) is 0. The minimum absolute atomic E-state index is 1.02. The molecule has 20 heavy (non-hydrogen) atoms. The van der Waals surface area contributed by atoms with E-state index in [0.717, 1.165) is 32.3 Å². The molecule has 4 rings (SSSR count). The molecular weight excluding hydrogens is 286 g/mol. The van der Waals surface area contributed by atoms with Gasteiger partial charge in [-0.05, 0) is 38.1 Å². The molecule has 5 heteroatoms. The summed E-state index contributed by atoms with van der Waals surface area (Å²) in [5, 5.41) is 2.11. The van der Waals surface area contributed by atoms with Gasteiger partial charge in [-0.25, -0.2) is 9.97 Å². The summed E-state index contributed by atoms with van der Waals surface area (Å²) >= 11 is 3.41. The van der Waals surface area contributed by atoms with E-state index in [0.29, 0.717) is 0 Å². The van der Waals surface area contributed by atoms with Crippen LogP contribution in [-0.4, -0.2) is 15.0 Å². The average molecular weight is 297 g/mol. The monoisotopic (exact) mass is 297 g/mol. The van der Waals surface area contributed by atoms with Crippen molar-refractivity contribution in [1.29, 1.82) is 0 Å². The maximum absolute atomic E-state index is 4.73. The first-order chi connectivity index (χ1) is 9.69. The van der Waals surface area contributed by atoms with Gasteiger partial charge in [0.25, 0.3) is 0 Å². The molecule has 0 saturated carbocycles. The van der Waals surface area contributed by atoms with Gasteiger partial charge in [0.05, 0.1) is 25.4 Å². The van der Waals surface area contributed by atoms with Crippen LogP contribution in [0, 0.1) is 13.8 Å². The Kier molecular flexibility index (Phi) is 2.58. The maximum atomic E-state index is 4.73. The third-order valence-corrected chi connectivity index (χ3v) is 5.16. The predicted molar refractivity (Wildman–Crippen MR) is 85.5 cm³/mol. The van der Waals surface area contributed by atoms with Gasteiger partial charge in [-0.2, -0.15) is 0 Å². The summed E-state index contributed by atoms with van der Waals surface area (Å²) in [6.45, 7) is 4.03. The van der Waals surface area contributed by atoms with Crippen LogP contribution < -0.4 is 0 Å². The van der Waals surface area contributed by atoms with Crippen molar-refractivity contribution in [3.8, 4) is 10.6 Å². The molecule has 0 saturated heterocycles. The van der Waals surface area contributed by atoms with Crippen LogP contribution >= 0.6 is 22.7 Å². The highest BCUT2D eigenvalue weighted by atomic mass is 32.1. The molecule has 0 unspecified atom stereocenters. The molecule has 0 aliphatic rings. The smallest absolute Gasteiger partial charge is 0.126 e. The molecular formula is C15H11N3S2. The summed E-state index contributed by atoms with van der Waals surface area (Å²) in [7, 11) is 0. The second-order valence-corrected chi connectivity index (χ2v) is 6.99. The number of aromatic nitrogens is 3. The average Bonchev–Trinajstić information content (AvgIpc) is 2.97. The SMILES string of the molecule is Cc1ccc(-c2nc3cc4sc(C)nc4cc3s2)cn1. The topological polar surface area (TPSA) is 38.7 Å². The fourth-order valence-corrected chi connectivity index (χ4v) is 4.00. The first kappa shape index (κ1) is 11.9. The van der Waals surface area contributed by atoms with E-state index in [4.69, 9.17) is 4.98 Å². The first-order valence-corrected chi connectivity index (χ1v) is 7.93. The lowest BCUT2D eigenvalue weighted by molar-refractivity contribution is 1.20. The summed E-state index contributed by atoms with van der Waals surface area (Å²) in [6.07, 6.45) is 1.89. The van der Waals surface area contributed by atoms with Gasteiger partial charge in [0, 0.05) is 17.5 Å². The highest BCUT2D eigenvalue weighted by Crippen LogP contribution is 2.34. The highest BCUT2D eigenvalue weighted by molar-refractivity contribution is 7.22. The molecule has 0 atom stereocenters. The van der Waals surface area contributed by atoms with Crippen molar-refractivity contribution in [2.45, 2.75) is 13.8 Å². The summed E-state index contributed by atoms with van der Waals surface area (Å²) in [6, 6.07) is 8.36. The van der Waals surface area contributed by atoms with E-state index in [9.17, 15) is 0 Å². The van der Waals surface area contributed by atoms with Crippen LogP contribution in [0.25, 0.3) is 31.0 Å². The quantitative estimate of drug-likeness (QED) is 0.516. The van der Waals surface area contributed by atoms with Gasteiger partial charge >= 0.3 is 0 Å². The maximum Gasteiger partial charge on any atom is 0.126 e. The van der Waals surface area contributed by atoms with Crippen LogP contribution in [0.2, 0.25) is 0 Å². The van der Waals surface area contributed by atoms with Gasteiger partial charge in [-0.3, -0.25) is 4.98 Å². The van der Waals surface area contributed by atoms with E-state index in [1.54, 1.807) is 22.7 Å². The molecule has 0 spiro atoms. The Morgan fingerprint density at radius 3 is 2.40 bits per heavy atom. The number of aryl methyl sites for hydroxylation is 2. The van der Waals surface area contributed by atoms with Crippen molar-refractivity contribution >= 4 is 43.1 Å². The largest absolute Gasteiger partial charge is 0.261 e. The fraction of sp³-hybridized carbons (Fsp3) is 0.133. The summed E-state index contributed by atoms with van der Waals surface area (Å²) in [5.41, 5.74) is 4.21. The molecule has 98 valence electrons. The minimum atomic E-state index is 1.02. The minimum Gasteiger partial charge on any atom is -0.261 e. The number of benzene rings is 1. The van der Waals surface area contributed by atoms with Crippen LogP contribution in [0.1, 0.15) is 10.7 Å². The third-order valence-electron chi connectivity index (χ3n) is 3.16. The molecule has 1 aromatic carbocycles. The zero-order valence-electron chi connectivity index (χ0n) is 11.0. The number of nitrogens with zero attached hydrogens (tertiary/aromatic N) is 3. The standard InChI is InChI=1S/C15H11N3S2/c1-8-3-4-10(7-16-8)15-18-12-6-13-11(5-14(12)20-15)17-9(2)19-13/h3-7H,1-2H3. The Labute approximate surface area is 124 Å². The molecule has 4 aromatic rings. The number of fused-ring (bicyclic) bond motifs is 2. The number of pyridine rings is 1. The normalized spacial score (nSPS) is 11.5. The summed E-state index contributed by atoms with van der Waals surface area (Å²) in [4.78, 5) is 13.6. The molecule has 0 aliphatic carbocycles. The van der Waals surface area contributed by atoms with Crippen LogP contribution in [0.4, 0.5) is 0 Å². The van der Waals surface area contributed by atoms with Gasteiger partial charge in [0.1, 0.15) is 5.01 Å². The molecule has 3 aromatic heterocycles. The highest BCUT2D eigenvalue weighted by Gasteiger charge is 2.09. The lowest BCUT2D eigenvalue weighted by Gasteiger charge is -1.95. The molecule has 0 radical (unpaired) electrons. The Morgan fingerprint density at radius 2 is 1.65 bits per heavy atom. The van der Waals surface area contributed by atoms with Crippen molar-refractivity contribution in [2.75, 3.05) is 0 Å². The molecule has 3 nitrogen and oxygen atoms in total. The van der Waals surface area contributed by atoms with Gasteiger partial charge in [-0.1, -0.05) is 0 Å². The van der Waals surface area contributed by atoms with Crippen LogP contribution in [0.3, 0.4) is 0 Å². The van der Waals surface area contributed by atoms with Gasteiger partial charge in [0.2, 0.25) is 0 Å². The van der Waals surface area contributed by atoms with Crippen molar-refractivity contribution in [3.05, 3.63) is 41.2 Å². The molecule has 0 fully saturated rings. The lowest BCUT2D eigenvalue weighted by atomic mass is 10.2. The Balaban J connectivity index is 1.91. The fourth-order valence-electron chi connectivity index (χ4n) is 2.18. The van der Waals surface area contributed by atoms with E-state index in [1.165, 1.54) is 9.40 Å². The third kappa shape index (κ3) is 1.90. The van der Waals surface area contributed by atoms with Gasteiger partial charge < -0.3 is 0 Å². The number of hydrogen-bond donors (Lipinski definition) is 0. The van der Waals surface area contributed by atoms with Crippen LogP contribution in [0.15, 0.2) is 30.5 Å². The van der Waals surface area contributed by atoms with E-state index >= 15 is 0 Å². The van der Waals surface area contributed by atoms with Crippen LogP contribution in [-0.2, 0) is 0 Å². The Bertz CT molecular complexity index is 869. The number of rotatable bonds is 1. The van der Waals surface area contributed by atoms with Crippen molar-refractivity contribution < 1.29 is 0 Å². The Morgan fingerprint density at radius 1 is 0.900 bits per heavy atom. The Hall–Kier alpha value is -1.85. The van der Waals surface area contributed by atoms with Crippen LogP contribution in [0.5, 0.6) is 0 Å². The molecule has 0 amide bonds. The van der Waals surface area contributed by atoms with Crippen molar-refractivity contribution in [1.82, 2.24) is 15.0 Å². The predicted octanol–water partition coefficient (Wildman–Crippen LogP) is 4.58. The van der Waals surface area contributed by atoms with Gasteiger partial charge in [-0.15, -0.1) is 22.7 Å². The molecule has 0 aliphatic heterocycles. The van der Waals surface area contributed by atoms with E-state index in [-0.39, 0.29) is 0 Å². The second kappa shape index (κ2) is 4.33. The molecule has 3 heterocycles. The summed E-state index contributed by atoms with van der Waals surface area (Å²) < 4.78 is 2.38. The van der Waals surface area contributed by atoms with Gasteiger partial charge in [0.15, 0.2) is 0 Å². The molecule has 0 N–H and O–H groups in total. The zero-order chi connectivity index (χ0) is 13.7. The van der Waals surface area contributed by atoms with E-state index in [2.05, 4.69) is 28.2 Å². The number of hydrogen-bond acceptors (Lipinski definition) is 5. The zero-order valence-corrected chi connectivity index (χ0v) is 12.7. The van der Waals surface area contributed by atoms with Crippen molar-refractivity contribution in [3.63, 3.8) is 0 Å². The number of thiazole rings is 2. The van der Waals surface area contributed by atoms with E-state index in [1.807, 2.05) is 26.1 Å². The lowest BCUT2D eigenvalue weighted by Crippen LogP contribution is -1.81. The van der Waals surface area contributed by atoms with E-state index < -0.39 is 0 Å². The first-order valence-electron chi connectivity index (χ1n) is 6.30. The van der Waals surface area contributed by atoms with Crippen molar-refractivity contribution in [2.24, 2.45) is 0 Å².